The molecule has 98 valence electrons. The molecule has 1 aliphatic rings. The van der Waals surface area contributed by atoms with Gasteiger partial charge in [-0.25, -0.2) is 9.18 Å². The van der Waals surface area contributed by atoms with Gasteiger partial charge in [0.15, 0.2) is 5.69 Å². The third-order valence-corrected chi connectivity index (χ3v) is 3.07. The standard InChI is InChI=1S/C13H11FN2O3/c14-9-4-2-1-3-8(9)12-11-7-10(13(17)18)15-16(11)5-6-19-12/h1-4,7,12H,5-6H2,(H,17,18). The van der Waals surface area contributed by atoms with Gasteiger partial charge in [0.25, 0.3) is 0 Å². The summed E-state index contributed by atoms with van der Waals surface area (Å²) < 4.78 is 20.9. The van der Waals surface area contributed by atoms with Crippen molar-refractivity contribution in [2.45, 2.75) is 12.6 Å². The highest BCUT2D eigenvalue weighted by molar-refractivity contribution is 5.85. The van der Waals surface area contributed by atoms with E-state index < -0.39 is 12.1 Å². The maximum absolute atomic E-state index is 13.8. The number of fused-ring (bicyclic) bond motifs is 1. The van der Waals surface area contributed by atoms with Crippen molar-refractivity contribution >= 4 is 5.97 Å². The highest BCUT2D eigenvalue weighted by Gasteiger charge is 2.28. The largest absolute Gasteiger partial charge is 0.476 e. The van der Waals surface area contributed by atoms with Crippen LogP contribution in [-0.2, 0) is 11.3 Å². The van der Waals surface area contributed by atoms with Crippen LogP contribution in [0.1, 0.15) is 27.8 Å². The molecule has 0 saturated carbocycles. The summed E-state index contributed by atoms with van der Waals surface area (Å²) in [6.07, 6.45) is -0.615. The van der Waals surface area contributed by atoms with Crippen molar-refractivity contribution in [2.24, 2.45) is 0 Å². The van der Waals surface area contributed by atoms with E-state index >= 15 is 0 Å². The van der Waals surface area contributed by atoms with E-state index in [1.54, 1.807) is 22.9 Å². The molecular weight excluding hydrogens is 251 g/mol. The zero-order valence-electron chi connectivity index (χ0n) is 9.91. The van der Waals surface area contributed by atoms with E-state index in [2.05, 4.69) is 5.10 Å². The van der Waals surface area contributed by atoms with Crippen LogP contribution in [-0.4, -0.2) is 27.5 Å². The third-order valence-electron chi connectivity index (χ3n) is 3.07. The number of halogens is 1. The van der Waals surface area contributed by atoms with Gasteiger partial charge < -0.3 is 9.84 Å². The molecule has 1 atom stereocenters. The predicted molar refractivity (Wildman–Crippen MR) is 63.4 cm³/mol. The molecule has 0 fully saturated rings. The number of aromatic nitrogens is 2. The van der Waals surface area contributed by atoms with E-state index in [9.17, 15) is 9.18 Å². The Bertz CT molecular complexity index is 639. The molecule has 3 rings (SSSR count). The summed E-state index contributed by atoms with van der Waals surface area (Å²) in [5.74, 6) is -1.48. The van der Waals surface area contributed by atoms with Crippen LogP contribution < -0.4 is 0 Å². The monoisotopic (exact) mass is 262 g/mol. The fraction of sp³-hybridized carbons (Fsp3) is 0.231. The van der Waals surface area contributed by atoms with Gasteiger partial charge in [-0.05, 0) is 12.1 Å². The lowest BCUT2D eigenvalue weighted by atomic mass is 10.0. The molecule has 1 N–H and O–H groups in total. The minimum atomic E-state index is -1.10. The van der Waals surface area contributed by atoms with Gasteiger partial charge in [-0.3, -0.25) is 4.68 Å². The third kappa shape index (κ3) is 2.00. The van der Waals surface area contributed by atoms with Crippen molar-refractivity contribution in [3.05, 3.63) is 53.1 Å². The number of ether oxygens (including phenoxy) is 1. The summed E-state index contributed by atoms with van der Waals surface area (Å²) in [7, 11) is 0. The van der Waals surface area contributed by atoms with Crippen molar-refractivity contribution in [1.29, 1.82) is 0 Å². The van der Waals surface area contributed by atoms with Crippen LogP contribution in [0, 0.1) is 5.82 Å². The second-order valence-corrected chi connectivity index (χ2v) is 4.26. The van der Waals surface area contributed by atoms with Gasteiger partial charge in [0.2, 0.25) is 0 Å². The first-order chi connectivity index (χ1) is 9.16. The maximum atomic E-state index is 13.8. The number of rotatable bonds is 2. The number of carboxylic acids is 1. The average Bonchev–Trinajstić information content (AvgIpc) is 2.83. The van der Waals surface area contributed by atoms with Crippen LogP contribution in [0.15, 0.2) is 30.3 Å². The average molecular weight is 262 g/mol. The normalized spacial score (nSPS) is 18.1. The molecule has 1 aliphatic heterocycles. The van der Waals surface area contributed by atoms with Crippen molar-refractivity contribution in [1.82, 2.24) is 9.78 Å². The number of hydrogen-bond donors (Lipinski definition) is 1. The molecule has 0 amide bonds. The Morgan fingerprint density at radius 1 is 1.47 bits per heavy atom. The molecule has 0 radical (unpaired) electrons. The van der Waals surface area contributed by atoms with Crippen molar-refractivity contribution in [2.75, 3.05) is 6.61 Å². The molecule has 1 aromatic carbocycles. The van der Waals surface area contributed by atoms with E-state index in [0.717, 1.165) is 0 Å². The lowest BCUT2D eigenvalue weighted by Crippen LogP contribution is -2.23. The summed E-state index contributed by atoms with van der Waals surface area (Å²) in [4.78, 5) is 10.9. The molecule has 1 aromatic heterocycles. The van der Waals surface area contributed by atoms with E-state index in [-0.39, 0.29) is 11.5 Å². The number of hydrogen-bond acceptors (Lipinski definition) is 3. The molecule has 6 heteroatoms. The lowest BCUT2D eigenvalue weighted by molar-refractivity contribution is 0.0400. The summed E-state index contributed by atoms with van der Waals surface area (Å²) in [5.41, 5.74) is 0.899. The number of carboxylic acid groups (broad SMARTS) is 1. The SMILES string of the molecule is O=C(O)c1cc2n(n1)CCOC2c1ccccc1F. The fourth-order valence-corrected chi connectivity index (χ4v) is 2.21. The Labute approximate surface area is 108 Å². The topological polar surface area (TPSA) is 64.3 Å². The van der Waals surface area contributed by atoms with Gasteiger partial charge in [-0.1, -0.05) is 18.2 Å². The smallest absolute Gasteiger partial charge is 0.356 e. The molecule has 0 aliphatic carbocycles. The number of nitrogens with zero attached hydrogens (tertiary/aromatic N) is 2. The summed E-state index contributed by atoms with van der Waals surface area (Å²) >= 11 is 0. The minimum Gasteiger partial charge on any atom is -0.476 e. The molecule has 0 bridgehead atoms. The molecule has 2 aromatic rings. The van der Waals surface area contributed by atoms with Crippen LogP contribution in [0.5, 0.6) is 0 Å². The molecular formula is C13H11FN2O3. The molecule has 2 heterocycles. The quantitative estimate of drug-likeness (QED) is 0.896. The maximum Gasteiger partial charge on any atom is 0.356 e. The molecule has 19 heavy (non-hydrogen) atoms. The van der Waals surface area contributed by atoms with Gasteiger partial charge in [0, 0.05) is 5.56 Å². The van der Waals surface area contributed by atoms with Crippen LogP contribution in [0.3, 0.4) is 0 Å². The first-order valence-corrected chi connectivity index (χ1v) is 5.84. The molecule has 5 nitrogen and oxygen atoms in total. The molecule has 0 saturated heterocycles. The Hall–Kier alpha value is -2.21. The second kappa shape index (κ2) is 4.47. The van der Waals surface area contributed by atoms with Crippen LogP contribution >= 0.6 is 0 Å². The summed E-state index contributed by atoms with van der Waals surface area (Å²) in [5, 5.41) is 12.9. The second-order valence-electron chi connectivity index (χ2n) is 4.26. The first-order valence-electron chi connectivity index (χ1n) is 5.84. The molecule has 1 unspecified atom stereocenters. The van der Waals surface area contributed by atoms with Crippen LogP contribution in [0.4, 0.5) is 4.39 Å². The van der Waals surface area contributed by atoms with E-state index in [1.165, 1.54) is 12.1 Å². The van der Waals surface area contributed by atoms with Gasteiger partial charge in [0.05, 0.1) is 18.8 Å². The minimum absolute atomic E-state index is 0.0539. The van der Waals surface area contributed by atoms with Crippen molar-refractivity contribution < 1.29 is 19.0 Å². The van der Waals surface area contributed by atoms with E-state index in [4.69, 9.17) is 9.84 Å². The lowest BCUT2D eigenvalue weighted by Gasteiger charge is -2.24. The summed E-state index contributed by atoms with van der Waals surface area (Å²) in [6.45, 7) is 0.834. The zero-order valence-corrected chi connectivity index (χ0v) is 9.91. The summed E-state index contributed by atoms with van der Waals surface area (Å²) in [6, 6.07) is 7.73. The highest BCUT2D eigenvalue weighted by atomic mass is 19.1. The Morgan fingerprint density at radius 2 is 2.26 bits per heavy atom. The first kappa shape index (κ1) is 11.9. The Kier molecular flexibility index (Phi) is 2.79. The number of benzene rings is 1. The van der Waals surface area contributed by atoms with E-state index in [1.807, 2.05) is 0 Å². The van der Waals surface area contributed by atoms with E-state index in [0.29, 0.717) is 24.4 Å². The highest BCUT2D eigenvalue weighted by Crippen LogP contribution is 2.31. The van der Waals surface area contributed by atoms with Gasteiger partial charge in [-0.2, -0.15) is 5.10 Å². The predicted octanol–water partition coefficient (Wildman–Crippen LogP) is 1.84. The van der Waals surface area contributed by atoms with Gasteiger partial charge in [-0.15, -0.1) is 0 Å². The number of carbonyl (C=O) groups is 1. The zero-order chi connectivity index (χ0) is 13.4. The Morgan fingerprint density at radius 3 is 3.00 bits per heavy atom. The van der Waals surface area contributed by atoms with Crippen molar-refractivity contribution in [3.63, 3.8) is 0 Å². The fourth-order valence-electron chi connectivity index (χ4n) is 2.21. The van der Waals surface area contributed by atoms with Crippen LogP contribution in [0.25, 0.3) is 0 Å². The number of aromatic carboxylic acids is 1. The molecule has 0 spiro atoms. The van der Waals surface area contributed by atoms with Gasteiger partial charge >= 0.3 is 5.97 Å². The Balaban J connectivity index is 2.07. The van der Waals surface area contributed by atoms with Crippen molar-refractivity contribution in [3.8, 4) is 0 Å². The van der Waals surface area contributed by atoms with Gasteiger partial charge in [0.1, 0.15) is 11.9 Å². The van der Waals surface area contributed by atoms with Crippen LogP contribution in [0.2, 0.25) is 0 Å².